The van der Waals surface area contributed by atoms with Crippen LogP contribution in [-0.4, -0.2) is 76.8 Å². The monoisotopic (exact) mass is 490 g/mol. The van der Waals surface area contributed by atoms with Gasteiger partial charge in [-0.1, -0.05) is 13.8 Å². The molecule has 0 bridgehead atoms. The third kappa shape index (κ3) is 12.1. The standard InChI is InChI=1S/C19H34N6O7S/c1-9(2)15(18(30)23-11(19(31)32)4-5-13(21)26)25-17(29)12(8-14(22)27)24-16(28)10(20)6-7-33-3/h9-12,15H,4-8,20H2,1-3H3,(H2,21,26)(H2,22,27)(H,23,30)(H,24,28)(H,25,29)(H,31,32). The van der Waals surface area contributed by atoms with Crippen LogP contribution in [0.1, 0.15) is 39.5 Å². The number of nitrogens with one attached hydrogen (secondary N) is 3. The van der Waals surface area contributed by atoms with Gasteiger partial charge < -0.3 is 38.3 Å². The zero-order valence-corrected chi connectivity index (χ0v) is 19.8. The number of rotatable bonds is 16. The first-order chi connectivity index (χ1) is 15.3. The lowest BCUT2D eigenvalue weighted by atomic mass is 10.0. The average Bonchev–Trinajstić information content (AvgIpc) is 2.71. The van der Waals surface area contributed by atoms with Crippen LogP contribution in [0.5, 0.6) is 0 Å². The van der Waals surface area contributed by atoms with Gasteiger partial charge >= 0.3 is 5.97 Å². The van der Waals surface area contributed by atoms with Crippen LogP contribution in [0.2, 0.25) is 0 Å². The van der Waals surface area contributed by atoms with E-state index in [2.05, 4.69) is 16.0 Å². The van der Waals surface area contributed by atoms with Crippen molar-refractivity contribution in [2.75, 3.05) is 12.0 Å². The molecular formula is C19H34N6O7S. The number of carboxylic acids is 1. The van der Waals surface area contributed by atoms with Gasteiger partial charge in [-0.05, 0) is 30.8 Å². The predicted octanol–water partition coefficient (Wildman–Crippen LogP) is -2.60. The number of carboxylic acid groups (broad SMARTS) is 1. The van der Waals surface area contributed by atoms with Crippen molar-refractivity contribution < 1.29 is 33.9 Å². The first-order valence-electron chi connectivity index (χ1n) is 10.2. The van der Waals surface area contributed by atoms with Crippen molar-refractivity contribution in [2.24, 2.45) is 23.1 Å². The lowest BCUT2D eigenvalue weighted by Crippen LogP contribution is -2.59. The summed E-state index contributed by atoms with van der Waals surface area (Å²) in [6, 6.07) is -4.90. The second-order valence-electron chi connectivity index (χ2n) is 7.75. The summed E-state index contributed by atoms with van der Waals surface area (Å²) in [5.74, 6) is -5.20. The minimum Gasteiger partial charge on any atom is -0.480 e. The van der Waals surface area contributed by atoms with Crippen molar-refractivity contribution in [3.05, 3.63) is 0 Å². The number of hydrogen-bond acceptors (Lipinski definition) is 8. The molecule has 10 N–H and O–H groups in total. The van der Waals surface area contributed by atoms with Gasteiger partial charge in [0, 0.05) is 6.42 Å². The molecule has 0 saturated carbocycles. The third-order valence-electron chi connectivity index (χ3n) is 4.55. The summed E-state index contributed by atoms with van der Waals surface area (Å²) in [7, 11) is 0. The summed E-state index contributed by atoms with van der Waals surface area (Å²) in [6.45, 7) is 3.20. The van der Waals surface area contributed by atoms with Gasteiger partial charge in [-0.15, -0.1) is 0 Å². The van der Waals surface area contributed by atoms with Crippen LogP contribution in [0.4, 0.5) is 0 Å². The zero-order valence-electron chi connectivity index (χ0n) is 19.0. The van der Waals surface area contributed by atoms with E-state index < -0.39 is 72.0 Å². The summed E-state index contributed by atoms with van der Waals surface area (Å²) in [5.41, 5.74) is 16.0. The van der Waals surface area contributed by atoms with Crippen molar-refractivity contribution >= 4 is 47.3 Å². The van der Waals surface area contributed by atoms with E-state index in [9.17, 15) is 33.9 Å². The highest BCUT2D eigenvalue weighted by molar-refractivity contribution is 7.98. The van der Waals surface area contributed by atoms with E-state index in [1.54, 1.807) is 13.8 Å². The minimum absolute atomic E-state index is 0.233. The van der Waals surface area contributed by atoms with Crippen LogP contribution in [0.15, 0.2) is 0 Å². The van der Waals surface area contributed by atoms with Gasteiger partial charge in [0.25, 0.3) is 0 Å². The second-order valence-corrected chi connectivity index (χ2v) is 8.74. The van der Waals surface area contributed by atoms with Gasteiger partial charge in [-0.3, -0.25) is 24.0 Å². The maximum atomic E-state index is 12.8. The molecule has 0 fully saturated rings. The summed E-state index contributed by atoms with van der Waals surface area (Å²) < 4.78 is 0. The molecule has 0 aromatic carbocycles. The highest BCUT2D eigenvalue weighted by Gasteiger charge is 2.32. The fourth-order valence-corrected chi connectivity index (χ4v) is 3.15. The van der Waals surface area contributed by atoms with Gasteiger partial charge in [-0.25, -0.2) is 4.79 Å². The Hall–Kier alpha value is -2.87. The van der Waals surface area contributed by atoms with E-state index in [1.165, 1.54) is 11.8 Å². The molecule has 188 valence electrons. The molecule has 4 atom stereocenters. The Balaban J connectivity index is 5.39. The molecule has 0 aliphatic rings. The van der Waals surface area contributed by atoms with E-state index in [0.717, 1.165) is 0 Å². The van der Waals surface area contributed by atoms with Crippen molar-refractivity contribution in [1.82, 2.24) is 16.0 Å². The Kier molecular flexibility index (Phi) is 13.7. The quantitative estimate of drug-likeness (QED) is 0.120. The molecule has 0 aromatic heterocycles. The number of hydrogen-bond donors (Lipinski definition) is 7. The van der Waals surface area contributed by atoms with E-state index >= 15 is 0 Å². The number of carbonyl (C=O) groups excluding carboxylic acids is 5. The Labute approximate surface area is 196 Å². The van der Waals surface area contributed by atoms with Crippen molar-refractivity contribution in [3.8, 4) is 0 Å². The smallest absolute Gasteiger partial charge is 0.326 e. The molecule has 4 unspecified atom stereocenters. The number of nitrogens with two attached hydrogens (primary N) is 3. The molecule has 33 heavy (non-hydrogen) atoms. The Morgan fingerprint density at radius 1 is 0.848 bits per heavy atom. The number of amides is 5. The van der Waals surface area contributed by atoms with Crippen LogP contribution >= 0.6 is 11.8 Å². The van der Waals surface area contributed by atoms with Crippen molar-refractivity contribution in [2.45, 2.75) is 63.7 Å². The maximum absolute atomic E-state index is 12.8. The molecular weight excluding hydrogens is 456 g/mol. The van der Waals surface area contributed by atoms with Crippen LogP contribution in [0.3, 0.4) is 0 Å². The average molecular weight is 491 g/mol. The van der Waals surface area contributed by atoms with Crippen molar-refractivity contribution in [3.63, 3.8) is 0 Å². The number of primary amides is 2. The van der Waals surface area contributed by atoms with Gasteiger partial charge in [0.2, 0.25) is 29.5 Å². The first kappa shape index (κ1) is 30.1. The van der Waals surface area contributed by atoms with Crippen LogP contribution in [0, 0.1) is 5.92 Å². The topological polar surface area (TPSA) is 237 Å². The Bertz CT molecular complexity index is 733. The van der Waals surface area contributed by atoms with E-state index in [0.29, 0.717) is 12.2 Å². The highest BCUT2D eigenvalue weighted by Crippen LogP contribution is 2.07. The van der Waals surface area contributed by atoms with Gasteiger partial charge in [0.15, 0.2) is 0 Å². The van der Waals surface area contributed by atoms with Crippen LogP contribution in [-0.2, 0) is 28.8 Å². The summed E-state index contributed by atoms with van der Waals surface area (Å²) in [6.07, 6.45) is 1.16. The molecule has 0 spiro atoms. The lowest BCUT2D eigenvalue weighted by Gasteiger charge is -2.26. The van der Waals surface area contributed by atoms with Crippen molar-refractivity contribution in [1.29, 1.82) is 0 Å². The maximum Gasteiger partial charge on any atom is 0.326 e. The Morgan fingerprint density at radius 3 is 1.88 bits per heavy atom. The molecule has 13 nitrogen and oxygen atoms in total. The molecule has 0 aromatic rings. The van der Waals surface area contributed by atoms with E-state index in [-0.39, 0.29) is 12.8 Å². The molecule has 14 heteroatoms. The van der Waals surface area contributed by atoms with Gasteiger partial charge in [-0.2, -0.15) is 11.8 Å². The largest absolute Gasteiger partial charge is 0.480 e. The fourth-order valence-electron chi connectivity index (χ4n) is 2.66. The fraction of sp³-hybridized carbons (Fsp3) is 0.684. The second kappa shape index (κ2) is 15.1. The van der Waals surface area contributed by atoms with E-state index in [1.807, 2.05) is 6.26 Å². The molecule has 0 radical (unpaired) electrons. The normalized spacial score (nSPS) is 14.5. The molecule has 0 rings (SSSR count). The molecule has 0 aliphatic heterocycles. The lowest BCUT2D eigenvalue weighted by molar-refractivity contribution is -0.143. The number of thioether (sulfide) groups is 1. The zero-order chi connectivity index (χ0) is 25.7. The van der Waals surface area contributed by atoms with Gasteiger partial charge in [0.1, 0.15) is 18.1 Å². The third-order valence-corrected chi connectivity index (χ3v) is 5.19. The van der Waals surface area contributed by atoms with Crippen LogP contribution < -0.4 is 33.2 Å². The van der Waals surface area contributed by atoms with E-state index in [4.69, 9.17) is 17.2 Å². The number of carbonyl (C=O) groups is 6. The van der Waals surface area contributed by atoms with Gasteiger partial charge in [0.05, 0.1) is 12.5 Å². The summed E-state index contributed by atoms with van der Waals surface area (Å²) in [4.78, 5) is 71.5. The predicted molar refractivity (Wildman–Crippen MR) is 121 cm³/mol. The SMILES string of the molecule is CSCCC(N)C(=O)NC(CC(N)=O)C(=O)NC(C(=O)NC(CCC(N)=O)C(=O)O)C(C)C. The highest BCUT2D eigenvalue weighted by atomic mass is 32.2. The molecule has 5 amide bonds. The Morgan fingerprint density at radius 2 is 1.42 bits per heavy atom. The summed E-state index contributed by atoms with van der Waals surface area (Å²) >= 11 is 1.48. The summed E-state index contributed by atoms with van der Waals surface area (Å²) in [5, 5.41) is 16.3. The molecule has 0 saturated heterocycles. The van der Waals surface area contributed by atoms with Crippen LogP contribution in [0.25, 0.3) is 0 Å². The minimum atomic E-state index is -1.40. The molecule has 0 aliphatic carbocycles. The number of aliphatic carboxylic acids is 1. The molecule has 0 heterocycles. The first-order valence-corrected chi connectivity index (χ1v) is 11.6.